The van der Waals surface area contributed by atoms with Crippen molar-refractivity contribution in [1.29, 1.82) is 0 Å². The van der Waals surface area contributed by atoms with Gasteiger partial charge in [-0.05, 0) is 18.2 Å². The molecule has 0 bridgehead atoms. The average Bonchev–Trinajstić information content (AvgIpc) is 2.90. The second-order valence-electron chi connectivity index (χ2n) is 4.77. The average molecular weight is 308 g/mol. The zero-order chi connectivity index (χ0) is 15.0. The van der Waals surface area contributed by atoms with Crippen LogP contribution in [0, 0.1) is 0 Å². The van der Waals surface area contributed by atoms with Crippen LogP contribution in [0.4, 0.5) is 0 Å². The van der Waals surface area contributed by atoms with Gasteiger partial charge in [0, 0.05) is 23.7 Å². The summed E-state index contributed by atoms with van der Waals surface area (Å²) in [6.45, 7) is 0.596. The Morgan fingerprint density at radius 1 is 1.52 bits per heavy atom. The molecular weight excluding hydrogens is 294 g/mol. The van der Waals surface area contributed by atoms with Gasteiger partial charge < -0.3 is 14.8 Å². The van der Waals surface area contributed by atoms with E-state index in [0.29, 0.717) is 40.8 Å². The summed E-state index contributed by atoms with van der Waals surface area (Å²) in [5.74, 6) is 0.256. The van der Waals surface area contributed by atoms with Gasteiger partial charge in [0.05, 0.1) is 18.4 Å². The lowest BCUT2D eigenvalue weighted by Gasteiger charge is -2.18. The molecule has 2 aromatic rings. The fraction of sp³-hybridized carbons (Fsp3) is 0.286. The number of aliphatic carboxylic acids is 1. The molecule has 3 N–H and O–H groups in total. The van der Waals surface area contributed by atoms with Crippen LogP contribution in [0.5, 0.6) is 5.75 Å². The number of imidazole rings is 1. The molecule has 21 heavy (non-hydrogen) atoms. The van der Waals surface area contributed by atoms with Crippen molar-refractivity contribution < 1.29 is 14.6 Å². The second kappa shape index (κ2) is 5.38. The summed E-state index contributed by atoms with van der Waals surface area (Å²) in [5, 5.41) is 12.8. The van der Waals surface area contributed by atoms with Crippen molar-refractivity contribution in [1.82, 2.24) is 15.3 Å². The second-order valence-corrected chi connectivity index (χ2v) is 5.21. The number of nitrogens with one attached hydrogen (secondary N) is 2. The predicted molar refractivity (Wildman–Crippen MR) is 77.7 cm³/mol. The minimum absolute atomic E-state index is 0.519. The van der Waals surface area contributed by atoms with Gasteiger partial charge >= 0.3 is 5.97 Å². The number of H-pyrrole nitrogens is 1. The standard InChI is InChI=1S/C14H14ClN3O3/c1-21-10-3-2-7(15)6-8(10)13-17-9-4-5-16-12(14(19)20)11(9)18-13/h2-3,6,12,16H,4-5H2,1H3,(H,17,18)(H,19,20)/t12-/m1/s1. The highest BCUT2D eigenvalue weighted by Crippen LogP contribution is 2.33. The summed E-state index contributed by atoms with van der Waals surface area (Å²) in [6, 6.07) is 4.44. The Kier molecular flexibility index (Phi) is 3.57. The number of carboxylic acid groups (broad SMARTS) is 1. The largest absolute Gasteiger partial charge is 0.496 e. The van der Waals surface area contributed by atoms with Gasteiger partial charge in [-0.2, -0.15) is 0 Å². The van der Waals surface area contributed by atoms with Crippen molar-refractivity contribution in [3.05, 3.63) is 34.6 Å². The maximum Gasteiger partial charge on any atom is 0.327 e. The van der Waals surface area contributed by atoms with E-state index >= 15 is 0 Å². The van der Waals surface area contributed by atoms with E-state index < -0.39 is 12.0 Å². The monoisotopic (exact) mass is 307 g/mol. The molecule has 2 heterocycles. The van der Waals surface area contributed by atoms with Gasteiger partial charge in [-0.25, -0.2) is 4.98 Å². The van der Waals surface area contributed by atoms with Crippen molar-refractivity contribution in [3.63, 3.8) is 0 Å². The molecule has 7 heteroatoms. The third kappa shape index (κ3) is 2.48. The molecular formula is C14H14ClN3O3. The summed E-state index contributed by atoms with van der Waals surface area (Å²) >= 11 is 6.03. The first kappa shape index (κ1) is 13.9. The highest BCUT2D eigenvalue weighted by molar-refractivity contribution is 6.30. The third-order valence-corrected chi connectivity index (χ3v) is 3.71. The van der Waals surface area contributed by atoms with Gasteiger partial charge in [0.15, 0.2) is 6.04 Å². The molecule has 0 radical (unpaired) electrons. The maximum absolute atomic E-state index is 11.3. The molecule has 0 amide bonds. The molecule has 0 aliphatic carbocycles. The number of halogens is 1. The normalized spacial score (nSPS) is 17.3. The molecule has 0 saturated heterocycles. The summed E-state index contributed by atoms with van der Waals surface area (Å²) < 4.78 is 5.31. The highest BCUT2D eigenvalue weighted by Gasteiger charge is 2.30. The van der Waals surface area contributed by atoms with Gasteiger partial charge in [-0.1, -0.05) is 11.6 Å². The van der Waals surface area contributed by atoms with Crippen molar-refractivity contribution >= 4 is 17.6 Å². The number of nitrogens with zero attached hydrogens (tertiary/aromatic N) is 1. The Balaban J connectivity index is 2.09. The number of aromatic nitrogens is 2. The van der Waals surface area contributed by atoms with Gasteiger partial charge in [-0.3, -0.25) is 10.1 Å². The van der Waals surface area contributed by atoms with Gasteiger partial charge in [0.1, 0.15) is 11.6 Å². The van der Waals surface area contributed by atoms with Crippen molar-refractivity contribution in [2.24, 2.45) is 0 Å². The quantitative estimate of drug-likeness (QED) is 0.807. The van der Waals surface area contributed by atoms with E-state index in [-0.39, 0.29) is 0 Å². The lowest BCUT2D eigenvalue weighted by Crippen LogP contribution is -2.35. The molecule has 1 aliphatic heterocycles. The van der Waals surface area contributed by atoms with Gasteiger partial charge in [0.2, 0.25) is 0 Å². The van der Waals surface area contributed by atoms with Crippen LogP contribution in [-0.4, -0.2) is 34.7 Å². The molecule has 110 valence electrons. The van der Waals surface area contributed by atoms with Crippen LogP contribution >= 0.6 is 11.6 Å². The first-order valence-corrected chi connectivity index (χ1v) is 6.87. The van der Waals surface area contributed by atoms with E-state index in [2.05, 4.69) is 15.3 Å². The Morgan fingerprint density at radius 2 is 2.33 bits per heavy atom. The van der Waals surface area contributed by atoms with Crippen molar-refractivity contribution in [2.75, 3.05) is 13.7 Å². The van der Waals surface area contributed by atoms with Crippen LogP contribution in [0.25, 0.3) is 11.4 Å². The van der Waals surface area contributed by atoms with Crippen LogP contribution in [0.2, 0.25) is 5.02 Å². The smallest absolute Gasteiger partial charge is 0.327 e. The minimum Gasteiger partial charge on any atom is -0.496 e. The number of ether oxygens (including phenoxy) is 1. The van der Waals surface area contributed by atoms with Crippen LogP contribution in [0.15, 0.2) is 18.2 Å². The number of fused-ring (bicyclic) bond motifs is 1. The Morgan fingerprint density at radius 3 is 3.05 bits per heavy atom. The molecule has 0 spiro atoms. The third-order valence-electron chi connectivity index (χ3n) is 3.47. The minimum atomic E-state index is -0.938. The Hall–Kier alpha value is -2.05. The fourth-order valence-corrected chi connectivity index (χ4v) is 2.66. The van der Waals surface area contributed by atoms with Crippen LogP contribution in [-0.2, 0) is 11.2 Å². The summed E-state index contributed by atoms with van der Waals surface area (Å²) in [5.41, 5.74) is 2.06. The van der Waals surface area contributed by atoms with Gasteiger partial charge in [0.25, 0.3) is 0 Å². The molecule has 1 aliphatic rings. The van der Waals surface area contributed by atoms with Crippen LogP contribution < -0.4 is 10.1 Å². The number of methoxy groups -OCH3 is 1. The molecule has 0 unspecified atom stereocenters. The zero-order valence-corrected chi connectivity index (χ0v) is 12.1. The predicted octanol–water partition coefficient (Wildman–Crippen LogP) is 2.01. The summed E-state index contributed by atoms with van der Waals surface area (Å²) in [6.07, 6.45) is 0.703. The molecule has 3 rings (SSSR count). The number of rotatable bonds is 3. The summed E-state index contributed by atoms with van der Waals surface area (Å²) in [7, 11) is 1.57. The number of benzene rings is 1. The molecule has 0 saturated carbocycles. The Bertz CT molecular complexity index is 699. The molecule has 1 aromatic heterocycles. The fourth-order valence-electron chi connectivity index (χ4n) is 2.49. The Labute approximate surface area is 126 Å². The van der Waals surface area contributed by atoms with Crippen molar-refractivity contribution in [2.45, 2.75) is 12.5 Å². The zero-order valence-electron chi connectivity index (χ0n) is 11.3. The van der Waals surface area contributed by atoms with E-state index in [9.17, 15) is 9.90 Å². The van der Waals surface area contributed by atoms with E-state index in [0.717, 1.165) is 5.69 Å². The lowest BCUT2D eigenvalue weighted by molar-refractivity contribution is -0.139. The van der Waals surface area contributed by atoms with E-state index in [1.807, 2.05) is 0 Å². The van der Waals surface area contributed by atoms with Crippen LogP contribution in [0.1, 0.15) is 17.4 Å². The van der Waals surface area contributed by atoms with E-state index in [1.54, 1.807) is 25.3 Å². The number of carbonyl (C=O) groups is 1. The molecule has 6 nitrogen and oxygen atoms in total. The first-order chi connectivity index (χ1) is 10.1. The van der Waals surface area contributed by atoms with E-state index in [1.165, 1.54) is 0 Å². The number of aromatic amines is 1. The molecule has 1 atom stereocenters. The number of hydrogen-bond acceptors (Lipinski definition) is 4. The summed E-state index contributed by atoms with van der Waals surface area (Å²) in [4.78, 5) is 18.9. The number of carboxylic acids is 1. The molecule has 0 fully saturated rings. The SMILES string of the molecule is COc1ccc(Cl)cc1-c1nc2c([nH]1)CCN[C@H]2C(=O)O. The maximum atomic E-state index is 11.3. The number of hydrogen-bond donors (Lipinski definition) is 3. The topological polar surface area (TPSA) is 87.2 Å². The van der Waals surface area contributed by atoms with E-state index in [4.69, 9.17) is 16.3 Å². The lowest BCUT2D eigenvalue weighted by atomic mass is 10.1. The first-order valence-electron chi connectivity index (χ1n) is 6.49. The van der Waals surface area contributed by atoms with Gasteiger partial charge in [-0.15, -0.1) is 0 Å². The van der Waals surface area contributed by atoms with Crippen molar-refractivity contribution in [3.8, 4) is 17.1 Å². The molecule has 1 aromatic carbocycles. The van der Waals surface area contributed by atoms with Crippen LogP contribution in [0.3, 0.4) is 0 Å². The highest BCUT2D eigenvalue weighted by atomic mass is 35.5.